The van der Waals surface area contributed by atoms with E-state index < -0.39 is 18.0 Å². The van der Waals surface area contributed by atoms with Crippen LogP contribution in [0.15, 0.2) is 6.33 Å². The fourth-order valence-electron chi connectivity index (χ4n) is 3.99. The number of hydrogen-bond acceptors (Lipinski definition) is 3. The summed E-state index contributed by atoms with van der Waals surface area (Å²) in [6.45, 7) is 1.17. The summed E-state index contributed by atoms with van der Waals surface area (Å²) in [5, 5.41) is 8.00. The van der Waals surface area contributed by atoms with Crippen LogP contribution in [0, 0.1) is 11.8 Å². The Morgan fingerprint density at radius 3 is 2.50 bits per heavy atom. The minimum Gasteiger partial charge on any atom is -0.342 e. The van der Waals surface area contributed by atoms with Crippen LogP contribution in [0.3, 0.4) is 0 Å². The molecule has 1 saturated heterocycles. The molecule has 2 atom stereocenters. The first kappa shape index (κ1) is 17.2. The second kappa shape index (κ2) is 6.72. The maximum Gasteiger partial charge on any atom is 0.391 e. The van der Waals surface area contributed by atoms with Gasteiger partial charge in [-0.2, -0.15) is 13.2 Å². The zero-order chi connectivity index (χ0) is 17.3. The second-order valence-corrected chi connectivity index (χ2v) is 7.00. The van der Waals surface area contributed by atoms with Crippen molar-refractivity contribution in [2.45, 2.75) is 50.6 Å². The molecule has 1 aliphatic carbocycles. The van der Waals surface area contributed by atoms with Gasteiger partial charge in [-0.25, -0.2) is 0 Å². The van der Waals surface area contributed by atoms with Gasteiger partial charge >= 0.3 is 6.18 Å². The zero-order valence-corrected chi connectivity index (χ0v) is 13.8. The molecule has 3 rings (SSSR count). The van der Waals surface area contributed by atoms with Crippen LogP contribution in [0.25, 0.3) is 0 Å². The average Bonchev–Trinajstić information content (AvgIpc) is 3.00. The van der Waals surface area contributed by atoms with Gasteiger partial charge in [-0.3, -0.25) is 4.79 Å². The van der Waals surface area contributed by atoms with Gasteiger partial charge in [0.2, 0.25) is 5.91 Å². The number of carbonyl (C=O) groups excluding carboxylic acids is 1. The molecule has 0 spiro atoms. The molecular weight excluding hydrogens is 321 g/mol. The van der Waals surface area contributed by atoms with Gasteiger partial charge in [-0.15, -0.1) is 10.2 Å². The third-order valence-corrected chi connectivity index (χ3v) is 5.40. The first-order valence-corrected chi connectivity index (χ1v) is 8.55. The van der Waals surface area contributed by atoms with Crippen molar-refractivity contribution < 1.29 is 18.0 Å². The van der Waals surface area contributed by atoms with Crippen LogP contribution in [0.2, 0.25) is 0 Å². The first-order valence-electron chi connectivity index (χ1n) is 8.55. The van der Waals surface area contributed by atoms with E-state index in [0.29, 0.717) is 25.9 Å². The molecule has 1 aromatic rings. The monoisotopic (exact) mass is 344 g/mol. The molecule has 134 valence electrons. The normalized spacial score (nSPS) is 26.6. The Balaban J connectivity index is 1.56. The molecule has 5 nitrogen and oxygen atoms in total. The number of hydrogen-bond donors (Lipinski definition) is 0. The van der Waals surface area contributed by atoms with Crippen molar-refractivity contribution in [3.63, 3.8) is 0 Å². The molecule has 1 saturated carbocycles. The smallest absolute Gasteiger partial charge is 0.342 e. The number of aromatic nitrogens is 3. The summed E-state index contributed by atoms with van der Waals surface area (Å²) in [5.41, 5.74) is 0. The van der Waals surface area contributed by atoms with Crippen LogP contribution >= 0.6 is 0 Å². The first-order chi connectivity index (χ1) is 11.4. The van der Waals surface area contributed by atoms with Crippen LogP contribution in [-0.2, 0) is 11.8 Å². The highest BCUT2D eigenvalue weighted by Gasteiger charge is 2.44. The van der Waals surface area contributed by atoms with Crippen molar-refractivity contribution >= 4 is 5.91 Å². The van der Waals surface area contributed by atoms with Crippen molar-refractivity contribution in [1.29, 1.82) is 0 Å². The van der Waals surface area contributed by atoms with E-state index in [2.05, 4.69) is 10.2 Å². The standard InChI is InChI=1S/C16H23F3N4O/c1-22-10-20-21-14(22)11-5-7-23(8-6-11)15(24)12-3-2-4-13(9-12)16(17,18)19/h10-13H,2-9H2,1H3. The van der Waals surface area contributed by atoms with Crippen molar-refractivity contribution in [2.75, 3.05) is 13.1 Å². The van der Waals surface area contributed by atoms with Gasteiger partial charge in [0.1, 0.15) is 12.2 Å². The Bertz CT molecular complexity index is 578. The minimum atomic E-state index is -4.18. The number of aryl methyl sites for hydroxylation is 1. The van der Waals surface area contributed by atoms with Gasteiger partial charge in [0, 0.05) is 32.0 Å². The van der Waals surface area contributed by atoms with E-state index in [1.165, 1.54) is 0 Å². The number of alkyl halides is 3. The van der Waals surface area contributed by atoms with Gasteiger partial charge < -0.3 is 9.47 Å². The molecule has 2 heterocycles. The molecule has 2 unspecified atom stereocenters. The predicted molar refractivity (Wildman–Crippen MR) is 81.1 cm³/mol. The molecule has 24 heavy (non-hydrogen) atoms. The fourth-order valence-corrected chi connectivity index (χ4v) is 3.99. The summed E-state index contributed by atoms with van der Waals surface area (Å²) in [5.74, 6) is -0.721. The average molecular weight is 344 g/mol. The Labute approximate surface area is 139 Å². The number of piperidine rings is 1. The summed E-state index contributed by atoms with van der Waals surface area (Å²) in [6.07, 6.45) is 0.211. The summed E-state index contributed by atoms with van der Waals surface area (Å²) < 4.78 is 40.7. The lowest BCUT2D eigenvalue weighted by molar-refractivity contribution is -0.187. The molecule has 0 bridgehead atoms. The van der Waals surface area contributed by atoms with Crippen molar-refractivity contribution in [3.8, 4) is 0 Å². The van der Waals surface area contributed by atoms with E-state index >= 15 is 0 Å². The predicted octanol–water partition coefficient (Wildman–Crippen LogP) is 2.89. The lowest BCUT2D eigenvalue weighted by Gasteiger charge is -2.36. The highest BCUT2D eigenvalue weighted by molar-refractivity contribution is 5.79. The van der Waals surface area contributed by atoms with E-state index in [-0.39, 0.29) is 24.7 Å². The third kappa shape index (κ3) is 3.57. The van der Waals surface area contributed by atoms with Gasteiger partial charge in [0.25, 0.3) is 0 Å². The number of amides is 1. The van der Waals surface area contributed by atoms with Gasteiger partial charge in [-0.1, -0.05) is 6.42 Å². The van der Waals surface area contributed by atoms with Crippen LogP contribution in [0.5, 0.6) is 0 Å². The number of likely N-dealkylation sites (tertiary alicyclic amines) is 1. The lowest BCUT2D eigenvalue weighted by atomic mass is 9.80. The Hall–Kier alpha value is -1.60. The molecule has 0 aromatic carbocycles. The van der Waals surface area contributed by atoms with E-state index in [9.17, 15) is 18.0 Å². The topological polar surface area (TPSA) is 51.0 Å². The molecule has 2 aliphatic rings. The number of carbonyl (C=O) groups is 1. The quantitative estimate of drug-likeness (QED) is 0.829. The van der Waals surface area contributed by atoms with E-state index in [1.807, 2.05) is 11.6 Å². The van der Waals surface area contributed by atoms with E-state index in [0.717, 1.165) is 18.7 Å². The second-order valence-electron chi connectivity index (χ2n) is 7.00. The summed E-state index contributed by atoms with van der Waals surface area (Å²) in [7, 11) is 1.90. The molecule has 1 aliphatic heterocycles. The van der Waals surface area contributed by atoms with Gasteiger partial charge in [0.15, 0.2) is 0 Å². The van der Waals surface area contributed by atoms with Gasteiger partial charge in [0.05, 0.1) is 5.92 Å². The molecule has 1 amide bonds. The van der Waals surface area contributed by atoms with Crippen LogP contribution < -0.4 is 0 Å². The van der Waals surface area contributed by atoms with Crippen LogP contribution in [-0.4, -0.2) is 44.8 Å². The fraction of sp³-hybridized carbons (Fsp3) is 0.812. The maximum absolute atomic E-state index is 12.9. The van der Waals surface area contributed by atoms with E-state index in [4.69, 9.17) is 0 Å². The Morgan fingerprint density at radius 2 is 1.92 bits per heavy atom. The molecule has 2 fully saturated rings. The summed E-state index contributed by atoms with van der Waals surface area (Å²) in [6, 6.07) is 0. The van der Waals surface area contributed by atoms with Crippen molar-refractivity contribution in [2.24, 2.45) is 18.9 Å². The summed E-state index contributed by atoms with van der Waals surface area (Å²) in [4.78, 5) is 14.4. The maximum atomic E-state index is 12.9. The molecule has 0 radical (unpaired) electrons. The highest BCUT2D eigenvalue weighted by atomic mass is 19.4. The zero-order valence-electron chi connectivity index (χ0n) is 13.8. The Morgan fingerprint density at radius 1 is 1.21 bits per heavy atom. The highest BCUT2D eigenvalue weighted by Crippen LogP contribution is 2.40. The van der Waals surface area contributed by atoms with Crippen molar-refractivity contribution in [1.82, 2.24) is 19.7 Å². The third-order valence-electron chi connectivity index (χ3n) is 5.40. The molecule has 1 aromatic heterocycles. The largest absolute Gasteiger partial charge is 0.391 e. The number of rotatable bonds is 2. The number of nitrogens with zero attached hydrogens (tertiary/aromatic N) is 4. The lowest BCUT2D eigenvalue weighted by Crippen LogP contribution is -2.43. The molecule has 8 heteroatoms. The van der Waals surface area contributed by atoms with Gasteiger partial charge in [-0.05, 0) is 32.1 Å². The minimum absolute atomic E-state index is 0.0501. The van der Waals surface area contributed by atoms with Crippen molar-refractivity contribution in [3.05, 3.63) is 12.2 Å². The van der Waals surface area contributed by atoms with Crippen LogP contribution in [0.1, 0.15) is 50.3 Å². The molecular formula is C16H23F3N4O. The van der Waals surface area contributed by atoms with E-state index in [1.54, 1.807) is 11.2 Å². The SMILES string of the molecule is Cn1cnnc1C1CCN(C(=O)C2CCCC(C(F)(F)F)C2)CC1. The summed E-state index contributed by atoms with van der Waals surface area (Å²) >= 11 is 0. The van der Waals surface area contributed by atoms with Crippen LogP contribution in [0.4, 0.5) is 13.2 Å². The number of halogens is 3. The molecule has 0 N–H and O–H groups in total. The Kier molecular flexibility index (Phi) is 4.83.